The summed E-state index contributed by atoms with van der Waals surface area (Å²) in [6.45, 7) is 1.72. The van der Waals surface area contributed by atoms with E-state index >= 15 is 0 Å². The van der Waals surface area contributed by atoms with Crippen LogP contribution in [0.25, 0.3) is 0 Å². The molecule has 0 saturated heterocycles. The lowest BCUT2D eigenvalue weighted by Gasteiger charge is -2.09. The fourth-order valence-electron chi connectivity index (χ4n) is 1.32. The first-order valence-corrected chi connectivity index (χ1v) is 5.46. The molecule has 2 N–H and O–H groups in total. The molecule has 0 heterocycles. The van der Waals surface area contributed by atoms with E-state index in [-0.39, 0.29) is 11.6 Å². The Labute approximate surface area is 106 Å². The summed E-state index contributed by atoms with van der Waals surface area (Å²) in [5, 5.41) is 5.09. The van der Waals surface area contributed by atoms with Crippen molar-refractivity contribution in [3.63, 3.8) is 0 Å². The summed E-state index contributed by atoms with van der Waals surface area (Å²) in [5.74, 6) is -0.718. The topological polar surface area (TPSA) is 67.4 Å². The van der Waals surface area contributed by atoms with Crippen molar-refractivity contribution in [2.75, 3.05) is 7.11 Å². The molecule has 2 amide bonds. The van der Waals surface area contributed by atoms with Gasteiger partial charge >= 0.3 is 0 Å². The van der Waals surface area contributed by atoms with E-state index in [1.807, 2.05) is 30.3 Å². The standard InChI is InChI=1S/C13H16N2O3/c1-10(16)15-12(9-18-2)13(17)14-8-11-6-4-3-5-7-11/h3-7,9H,8H2,1-2H3,(H,14,17)(H,15,16). The summed E-state index contributed by atoms with van der Waals surface area (Å²) in [6, 6.07) is 9.48. The van der Waals surface area contributed by atoms with Crippen LogP contribution in [0, 0.1) is 0 Å². The average Bonchev–Trinajstić information content (AvgIpc) is 2.36. The van der Waals surface area contributed by atoms with Crippen molar-refractivity contribution in [2.24, 2.45) is 0 Å². The fraction of sp³-hybridized carbons (Fsp3) is 0.231. The molecule has 1 aromatic carbocycles. The Morgan fingerprint density at radius 2 is 1.94 bits per heavy atom. The van der Waals surface area contributed by atoms with Gasteiger partial charge in [-0.15, -0.1) is 0 Å². The van der Waals surface area contributed by atoms with Crippen LogP contribution in [0.1, 0.15) is 12.5 Å². The van der Waals surface area contributed by atoms with Crippen molar-refractivity contribution in [2.45, 2.75) is 13.5 Å². The SMILES string of the molecule is COC=C(NC(C)=O)C(=O)NCc1ccccc1. The van der Waals surface area contributed by atoms with Gasteiger partial charge in [0.05, 0.1) is 7.11 Å². The molecule has 0 atom stereocenters. The quantitative estimate of drug-likeness (QED) is 0.601. The first-order valence-electron chi connectivity index (χ1n) is 5.46. The second-order valence-electron chi connectivity index (χ2n) is 3.62. The summed E-state index contributed by atoms with van der Waals surface area (Å²) in [7, 11) is 1.41. The zero-order chi connectivity index (χ0) is 13.4. The van der Waals surface area contributed by atoms with Crippen molar-refractivity contribution < 1.29 is 14.3 Å². The zero-order valence-corrected chi connectivity index (χ0v) is 10.4. The predicted octanol–water partition coefficient (Wildman–Crippen LogP) is 0.927. The minimum Gasteiger partial charge on any atom is -0.502 e. The fourth-order valence-corrected chi connectivity index (χ4v) is 1.32. The number of hydrogen-bond donors (Lipinski definition) is 2. The van der Waals surface area contributed by atoms with Crippen molar-refractivity contribution in [1.82, 2.24) is 10.6 Å². The average molecular weight is 248 g/mol. The van der Waals surface area contributed by atoms with Gasteiger partial charge in [-0.3, -0.25) is 9.59 Å². The molecule has 0 bridgehead atoms. The summed E-state index contributed by atoms with van der Waals surface area (Å²) in [5.41, 5.74) is 1.06. The first-order chi connectivity index (χ1) is 8.63. The van der Waals surface area contributed by atoms with Crippen molar-refractivity contribution in [1.29, 1.82) is 0 Å². The lowest BCUT2D eigenvalue weighted by atomic mass is 10.2. The third-order valence-electron chi connectivity index (χ3n) is 2.09. The third-order valence-corrected chi connectivity index (χ3v) is 2.09. The second-order valence-corrected chi connectivity index (χ2v) is 3.62. The molecule has 96 valence electrons. The van der Waals surface area contributed by atoms with Gasteiger partial charge < -0.3 is 15.4 Å². The highest BCUT2D eigenvalue weighted by atomic mass is 16.5. The van der Waals surface area contributed by atoms with Gasteiger partial charge in [-0.1, -0.05) is 30.3 Å². The number of hydrogen-bond acceptors (Lipinski definition) is 3. The third kappa shape index (κ3) is 4.69. The number of ether oxygens (including phenoxy) is 1. The van der Waals surface area contributed by atoms with Crippen LogP contribution >= 0.6 is 0 Å². The maximum atomic E-state index is 11.8. The van der Waals surface area contributed by atoms with E-state index in [1.54, 1.807) is 0 Å². The molecular weight excluding hydrogens is 232 g/mol. The van der Waals surface area contributed by atoms with E-state index < -0.39 is 5.91 Å². The van der Waals surface area contributed by atoms with Crippen LogP contribution in [-0.4, -0.2) is 18.9 Å². The number of methoxy groups -OCH3 is 1. The Bertz CT molecular complexity index is 441. The lowest BCUT2D eigenvalue weighted by Crippen LogP contribution is -2.33. The number of rotatable bonds is 5. The summed E-state index contributed by atoms with van der Waals surface area (Å²) >= 11 is 0. The van der Waals surface area contributed by atoms with E-state index in [2.05, 4.69) is 10.6 Å². The summed E-state index contributed by atoms with van der Waals surface area (Å²) < 4.78 is 4.74. The highest BCUT2D eigenvalue weighted by Crippen LogP contribution is 1.98. The molecule has 0 fully saturated rings. The van der Waals surface area contributed by atoms with Crippen LogP contribution in [0.15, 0.2) is 42.3 Å². The van der Waals surface area contributed by atoms with Crippen LogP contribution < -0.4 is 10.6 Å². The van der Waals surface area contributed by atoms with Gasteiger partial charge in [0.2, 0.25) is 5.91 Å². The maximum absolute atomic E-state index is 11.8. The second kappa shape index (κ2) is 7.11. The molecule has 0 aliphatic rings. The Balaban J connectivity index is 2.57. The predicted molar refractivity (Wildman–Crippen MR) is 67.2 cm³/mol. The molecule has 0 radical (unpaired) electrons. The van der Waals surface area contributed by atoms with Crippen molar-refractivity contribution >= 4 is 11.8 Å². The van der Waals surface area contributed by atoms with Crippen LogP contribution in [-0.2, 0) is 20.9 Å². The first kappa shape index (κ1) is 13.8. The maximum Gasteiger partial charge on any atom is 0.271 e. The minimum absolute atomic E-state index is 0.0842. The number of benzene rings is 1. The zero-order valence-electron chi connectivity index (χ0n) is 10.4. The molecule has 0 aromatic heterocycles. The summed E-state index contributed by atoms with van der Waals surface area (Å²) in [4.78, 5) is 22.7. The molecule has 0 spiro atoms. The van der Waals surface area contributed by atoms with Gasteiger partial charge in [0, 0.05) is 13.5 Å². The molecular formula is C13H16N2O3. The molecule has 0 saturated carbocycles. The largest absolute Gasteiger partial charge is 0.502 e. The van der Waals surface area contributed by atoms with E-state index in [9.17, 15) is 9.59 Å². The normalized spacial score (nSPS) is 10.7. The molecule has 1 aromatic rings. The smallest absolute Gasteiger partial charge is 0.271 e. The minimum atomic E-state index is -0.393. The van der Waals surface area contributed by atoms with Gasteiger partial charge in [-0.05, 0) is 5.56 Å². The number of carbonyl (C=O) groups excluding carboxylic acids is 2. The Hall–Kier alpha value is -2.30. The molecule has 0 aliphatic heterocycles. The van der Waals surface area contributed by atoms with Gasteiger partial charge in [-0.2, -0.15) is 0 Å². The van der Waals surface area contributed by atoms with Crippen molar-refractivity contribution in [3.05, 3.63) is 47.9 Å². The molecule has 0 aliphatic carbocycles. The molecule has 18 heavy (non-hydrogen) atoms. The van der Waals surface area contributed by atoms with Crippen LogP contribution in [0.4, 0.5) is 0 Å². The van der Waals surface area contributed by atoms with Gasteiger partial charge in [0.1, 0.15) is 12.0 Å². The Kier molecular flexibility index (Phi) is 5.44. The Morgan fingerprint density at radius 1 is 1.28 bits per heavy atom. The molecule has 5 nitrogen and oxygen atoms in total. The number of amides is 2. The van der Waals surface area contributed by atoms with E-state index in [4.69, 9.17) is 4.74 Å². The van der Waals surface area contributed by atoms with Gasteiger partial charge in [0.15, 0.2) is 0 Å². The highest BCUT2D eigenvalue weighted by molar-refractivity contribution is 5.96. The summed E-state index contributed by atoms with van der Waals surface area (Å²) in [6.07, 6.45) is 1.20. The van der Waals surface area contributed by atoms with E-state index in [0.29, 0.717) is 6.54 Å². The van der Waals surface area contributed by atoms with Crippen molar-refractivity contribution in [3.8, 4) is 0 Å². The van der Waals surface area contributed by atoms with Crippen LogP contribution in [0.3, 0.4) is 0 Å². The van der Waals surface area contributed by atoms with E-state index in [1.165, 1.54) is 20.3 Å². The lowest BCUT2D eigenvalue weighted by molar-refractivity contribution is -0.122. The molecule has 5 heteroatoms. The van der Waals surface area contributed by atoms with Crippen LogP contribution in [0.2, 0.25) is 0 Å². The van der Waals surface area contributed by atoms with Gasteiger partial charge in [-0.25, -0.2) is 0 Å². The van der Waals surface area contributed by atoms with Crippen LogP contribution in [0.5, 0.6) is 0 Å². The monoisotopic (exact) mass is 248 g/mol. The Morgan fingerprint density at radius 3 is 2.50 bits per heavy atom. The molecule has 1 rings (SSSR count). The highest BCUT2D eigenvalue weighted by Gasteiger charge is 2.10. The van der Waals surface area contributed by atoms with Gasteiger partial charge in [0.25, 0.3) is 5.91 Å². The molecule has 0 unspecified atom stereocenters. The van der Waals surface area contributed by atoms with E-state index in [0.717, 1.165) is 5.56 Å². The number of nitrogens with one attached hydrogen (secondary N) is 2. The number of carbonyl (C=O) groups is 2.